The van der Waals surface area contributed by atoms with Crippen LogP contribution in [0.1, 0.15) is 42.9 Å². The van der Waals surface area contributed by atoms with Gasteiger partial charge in [0.15, 0.2) is 5.82 Å². The molecule has 6 heteroatoms. The second kappa shape index (κ2) is 4.97. The molecule has 2 heterocycles. The summed E-state index contributed by atoms with van der Waals surface area (Å²) in [5.74, 6) is 1.69. The summed E-state index contributed by atoms with van der Waals surface area (Å²) in [4.78, 5) is 0. The number of H-pyrrole nitrogens is 1. The van der Waals surface area contributed by atoms with Gasteiger partial charge in [-0.2, -0.15) is 5.21 Å². The summed E-state index contributed by atoms with van der Waals surface area (Å²) >= 11 is 0. The number of aromatic nitrogens is 4. The van der Waals surface area contributed by atoms with Crippen molar-refractivity contribution in [2.24, 2.45) is 0 Å². The first kappa shape index (κ1) is 12.1. The Morgan fingerprint density at radius 2 is 2.21 bits per heavy atom. The van der Waals surface area contributed by atoms with E-state index in [2.05, 4.69) is 51.1 Å². The number of benzene rings is 1. The molecule has 19 heavy (non-hydrogen) atoms. The topological polar surface area (TPSA) is 75.7 Å². The lowest BCUT2D eigenvalue weighted by molar-refractivity contribution is 0.356. The molecule has 0 bridgehead atoms. The van der Waals surface area contributed by atoms with Crippen molar-refractivity contribution in [3.63, 3.8) is 0 Å². The van der Waals surface area contributed by atoms with Crippen molar-refractivity contribution >= 4 is 0 Å². The lowest BCUT2D eigenvalue weighted by Crippen LogP contribution is -2.23. The fraction of sp³-hybridized carbons (Fsp3) is 0.462. The lowest BCUT2D eigenvalue weighted by atomic mass is 10.0. The highest BCUT2D eigenvalue weighted by Gasteiger charge is 2.17. The molecule has 2 atom stereocenters. The van der Waals surface area contributed by atoms with Crippen LogP contribution < -0.4 is 10.1 Å². The van der Waals surface area contributed by atoms with Crippen LogP contribution in [0.4, 0.5) is 0 Å². The Morgan fingerprint density at radius 3 is 3.00 bits per heavy atom. The molecule has 100 valence electrons. The Morgan fingerprint density at radius 1 is 1.32 bits per heavy atom. The lowest BCUT2D eigenvalue weighted by Gasteiger charge is -2.18. The summed E-state index contributed by atoms with van der Waals surface area (Å²) in [5.41, 5.74) is 2.54. The van der Waals surface area contributed by atoms with Crippen LogP contribution in [0.15, 0.2) is 18.2 Å². The number of fused-ring (bicyclic) bond motifs is 1. The number of aromatic amines is 1. The summed E-state index contributed by atoms with van der Waals surface area (Å²) in [6, 6.07) is 6.64. The molecular formula is C13H17N5O. The van der Waals surface area contributed by atoms with Gasteiger partial charge in [0.05, 0.1) is 12.6 Å². The van der Waals surface area contributed by atoms with Gasteiger partial charge in [0.25, 0.3) is 0 Å². The van der Waals surface area contributed by atoms with Crippen molar-refractivity contribution in [1.29, 1.82) is 0 Å². The van der Waals surface area contributed by atoms with E-state index in [4.69, 9.17) is 4.74 Å². The van der Waals surface area contributed by atoms with Gasteiger partial charge in [-0.25, -0.2) is 0 Å². The van der Waals surface area contributed by atoms with Gasteiger partial charge in [-0.05, 0) is 31.0 Å². The zero-order chi connectivity index (χ0) is 13.2. The van der Waals surface area contributed by atoms with E-state index in [1.165, 1.54) is 11.1 Å². The van der Waals surface area contributed by atoms with Gasteiger partial charge >= 0.3 is 0 Å². The zero-order valence-electron chi connectivity index (χ0n) is 11.1. The second-order valence-corrected chi connectivity index (χ2v) is 4.85. The summed E-state index contributed by atoms with van der Waals surface area (Å²) < 4.78 is 5.52. The molecule has 2 unspecified atom stereocenters. The maximum absolute atomic E-state index is 5.52. The van der Waals surface area contributed by atoms with Crippen molar-refractivity contribution in [3.05, 3.63) is 35.2 Å². The van der Waals surface area contributed by atoms with E-state index in [9.17, 15) is 0 Å². The van der Waals surface area contributed by atoms with E-state index >= 15 is 0 Å². The van der Waals surface area contributed by atoms with E-state index in [0.29, 0.717) is 5.82 Å². The first-order valence-corrected chi connectivity index (χ1v) is 6.49. The Balaban J connectivity index is 1.72. The van der Waals surface area contributed by atoms with Crippen molar-refractivity contribution in [3.8, 4) is 5.75 Å². The van der Waals surface area contributed by atoms with Gasteiger partial charge in [-0.1, -0.05) is 17.3 Å². The van der Waals surface area contributed by atoms with Crippen molar-refractivity contribution in [1.82, 2.24) is 25.9 Å². The Bertz CT molecular complexity index is 554. The third kappa shape index (κ3) is 2.44. The molecule has 0 saturated heterocycles. The molecule has 2 aromatic rings. The number of tetrazole rings is 1. The highest BCUT2D eigenvalue weighted by molar-refractivity contribution is 5.40. The van der Waals surface area contributed by atoms with Gasteiger partial charge in [-0.15, -0.1) is 10.2 Å². The Kier molecular flexibility index (Phi) is 3.16. The number of hydrogen-bond acceptors (Lipinski definition) is 5. The maximum Gasteiger partial charge on any atom is 0.191 e. The molecule has 2 N–H and O–H groups in total. The van der Waals surface area contributed by atoms with Gasteiger partial charge in [0.1, 0.15) is 5.75 Å². The van der Waals surface area contributed by atoms with Crippen LogP contribution in [0.25, 0.3) is 0 Å². The molecule has 0 aliphatic carbocycles. The molecule has 0 fully saturated rings. The summed E-state index contributed by atoms with van der Waals surface area (Å²) in [6.45, 7) is 4.95. The van der Waals surface area contributed by atoms with Gasteiger partial charge < -0.3 is 10.1 Å². The number of hydrogen-bond donors (Lipinski definition) is 2. The first-order chi connectivity index (χ1) is 9.24. The van der Waals surface area contributed by atoms with E-state index in [1.54, 1.807) is 0 Å². The summed E-state index contributed by atoms with van der Waals surface area (Å²) in [6.07, 6.45) is 0.996. The third-order valence-corrected chi connectivity index (χ3v) is 3.46. The standard InChI is InChI=1S/C13H17N5O/c1-8(14-9(2)13-15-17-18-16-13)10-3-4-12-11(7-10)5-6-19-12/h3-4,7-9,14H,5-6H2,1-2H3,(H,15,16,17,18). The fourth-order valence-electron chi connectivity index (χ4n) is 2.37. The van der Waals surface area contributed by atoms with Crippen LogP contribution in [0, 0.1) is 0 Å². The van der Waals surface area contributed by atoms with Gasteiger partial charge in [0, 0.05) is 12.5 Å². The minimum atomic E-state index is 0.0539. The maximum atomic E-state index is 5.52. The normalized spacial score (nSPS) is 16.7. The van der Waals surface area contributed by atoms with Crippen LogP contribution in [-0.4, -0.2) is 27.2 Å². The number of nitrogens with zero attached hydrogens (tertiary/aromatic N) is 3. The SMILES string of the molecule is CC(NC(C)c1nn[nH]n1)c1ccc2c(c1)CCO2. The van der Waals surface area contributed by atoms with Crippen molar-refractivity contribution in [2.75, 3.05) is 6.61 Å². The molecule has 0 spiro atoms. The van der Waals surface area contributed by atoms with Crippen LogP contribution in [-0.2, 0) is 6.42 Å². The fourth-order valence-corrected chi connectivity index (χ4v) is 2.37. The number of nitrogens with one attached hydrogen (secondary N) is 2. The molecule has 0 amide bonds. The average molecular weight is 259 g/mol. The Hall–Kier alpha value is -1.95. The van der Waals surface area contributed by atoms with E-state index in [1.807, 2.05) is 6.92 Å². The van der Waals surface area contributed by atoms with Gasteiger partial charge in [0.2, 0.25) is 0 Å². The smallest absolute Gasteiger partial charge is 0.191 e. The van der Waals surface area contributed by atoms with E-state index < -0.39 is 0 Å². The quantitative estimate of drug-likeness (QED) is 0.871. The monoisotopic (exact) mass is 259 g/mol. The highest BCUT2D eigenvalue weighted by Crippen LogP contribution is 2.28. The second-order valence-electron chi connectivity index (χ2n) is 4.85. The molecule has 0 radical (unpaired) electrons. The largest absolute Gasteiger partial charge is 0.493 e. The summed E-state index contributed by atoms with van der Waals surface area (Å²) in [7, 11) is 0. The molecule has 6 nitrogen and oxygen atoms in total. The molecule has 0 saturated carbocycles. The predicted molar refractivity (Wildman–Crippen MR) is 69.8 cm³/mol. The highest BCUT2D eigenvalue weighted by atomic mass is 16.5. The average Bonchev–Trinajstić information content (AvgIpc) is 3.09. The Labute approximate surface area is 111 Å². The number of rotatable bonds is 4. The molecule has 1 aromatic carbocycles. The molecular weight excluding hydrogens is 242 g/mol. The van der Waals surface area contributed by atoms with E-state index in [-0.39, 0.29) is 12.1 Å². The van der Waals surface area contributed by atoms with Crippen LogP contribution in [0.5, 0.6) is 5.75 Å². The minimum Gasteiger partial charge on any atom is -0.493 e. The van der Waals surface area contributed by atoms with E-state index in [0.717, 1.165) is 18.8 Å². The van der Waals surface area contributed by atoms with Crippen molar-refractivity contribution < 1.29 is 4.74 Å². The van der Waals surface area contributed by atoms with Crippen LogP contribution in [0.3, 0.4) is 0 Å². The molecule has 1 aromatic heterocycles. The van der Waals surface area contributed by atoms with Gasteiger partial charge in [-0.3, -0.25) is 0 Å². The minimum absolute atomic E-state index is 0.0539. The molecule has 3 rings (SSSR count). The van der Waals surface area contributed by atoms with Crippen LogP contribution in [0.2, 0.25) is 0 Å². The first-order valence-electron chi connectivity index (χ1n) is 6.49. The van der Waals surface area contributed by atoms with Crippen LogP contribution >= 0.6 is 0 Å². The zero-order valence-corrected chi connectivity index (χ0v) is 11.1. The molecule has 1 aliphatic rings. The predicted octanol–water partition coefficient (Wildman–Crippen LogP) is 1.55. The third-order valence-electron chi connectivity index (χ3n) is 3.46. The summed E-state index contributed by atoms with van der Waals surface area (Å²) in [5, 5.41) is 17.5. The molecule has 1 aliphatic heterocycles. The van der Waals surface area contributed by atoms with Crippen molar-refractivity contribution in [2.45, 2.75) is 32.4 Å². The number of ether oxygens (including phenoxy) is 1.